The largest absolute Gasteiger partial charge is 0.330 e. The summed E-state index contributed by atoms with van der Waals surface area (Å²) in [5.74, 6) is 0.280. The van der Waals surface area contributed by atoms with Crippen molar-refractivity contribution in [3.05, 3.63) is 57.8 Å². The van der Waals surface area contributed by atoms with Crippen LogP contribution < -0.4 is 0 Å². The zero-order valence-electron chi connectivity index (χ0n) is 14.0. The molecule has 0 unspecified atom stereocenters. The molecule has 0 aliphatic carbocycles. The van der Waals surface area contributed by atoms with E-state index >= 15 is 0 Å². The van der Waals surface area contributed by atoms with E-state index in [0.717, 1.165) is 26.1 Å². The third-order valence-electron chi connectivity index (χ3n) is 5.21. The Morgan fingerprint density at radius 2 is 1.83 bits per heavy atom. The van der Waals surface area contributed by atoms with Gasteiger partial charge in [-0.2, -0.15) is 0 Å². The monoisotopic (exact) mass is 340 g/mol. The van der Waals surface area contributed by atoms with Crippen molar-refractivity contribution in [1.82, 2.24) is 9.80 Å². The molecule has 1 aromatic carbocycles. The molecule has 3 nitrogen and oxygen atoms in total. The Bertz CT molecular complexity index is 691. The van der Waals surface area contributed by atoms with Crippen LogP contribution in [0.2, 0.25) is 0 Å². The van der Waals surface area contributed by atoms with E-state index in [0.29, 0.717) is 6.54 Å². The lowest BCUT2D eigenvalue weighted by atomic mass is 9.93. The molecule has 1 amide bonds. The number of rotatable bonds is 3. The van der Waals surface area contributed by atoms with Gasteiger partial charge in [0.25, 0.3) is 0 Å². The first-order valence-electron chi connectivity index (χ1n) is 8.96. The first-order chi connectivity index (χ1) is 11.8. The Morgan fingerprint density at radius 1 is 1.04 bits per heavy atom. The maximum atomic E-state index is 13.1. The first-order valence-corrected chi connectivity index (χ1v) is 9.84. The number of benzene rings is 1. The second-order valence-corrected chi connectivity index (χ2v) is 7.79. The fraction of sp³-hybridized carbons (Fsp3) is 0.450. The van der Waals surface area contributed by atoms with Crippen molar-refractivity contribution in [3.63, 3.8) is 0 Å². The van der Waals surface area contributed by atoms with Gasteiger partial charge in [-0.3, -0.25) is 9.69 Å². The van der Waals surface area contributed by atoms with Crippen molar-refractivity contribution in [2.24, 2.45) is 0 Å². The van der Waals surface area contributed by atoms with Crippen LogP contribution in [0.25, 0.3) is 0 Å². The molecule has 0 spiro atoms. The number of carbonyl (C=O) groups excluding carboxylic acids is 1. The van der Waals surface area contributed by atoms with Gasteiger partial charge >= 0.3 is 0 Å². The van der Waals surface area contributed by atoms with Crippen molar-refractivity contribution in [2.45, 2.75) is 31.7 Å². The molecule has 1 fully saturated rings. The zero-order valence-corrected chi connectivity index (χ0v) is 14.8. The average molecular weight is 340 g/mol. The molecule has 4 rings (SSSR count). The van der Waals surface area contributed by atoms with E-state index < -0.39 is 0 Å². The lowest BCUT2D eigenvalue weighted by Crippen LogP contribution is -2.46. The van der Waals surface area contributed by atoms with E-state index in [1.165, 1.54) is 35.3 Å². The van der Waals surface area contributed by atoms with Gasteiger partial charge in [-0.25, -0.2) is 0 Å². The standard InChI is InChI=1S/C20H24N2OS/c23-19(15-21-11-5-2-6-12-21)22-13-9-18-17(10-14-24-18)20(22)16-7-3-1-4-8-16/h1,3-4,7-8,10,14,20H,2,5-6,9,11-13,15H2/t20-/m0/s1. The normalized spacial score (nSPS) is 21.5. The second kappa shape index (κ2) is 7.08. The Morgan fingerprint density at radius 3 is 2.62 bits per heavy atom. The summed E-state index contributed by atoms with van der Waals surface area (Å²) in [6.45, 7) is 3.54. The van der Waals surface area contributed by atoms with Crippen LogP contribution >= 0.6 is 11.3 Å². The Kier molecular flexibility index (Phi) is 4.67. The number of nitrogens with zero attached hydrogens (tertiary/aromatic N) is 2. The summed E-state index contributed by atoms with van der Waals surface area (Å²) in [6, 6.07) is 12.8. The van der Waals surface area contributed by atoms with E-state index in [9.17, 15) is 4.79 Å². The molecule has 1 saturated heterocycles. The number of likely N-dealkylation sites (tertiary alicyclic amines) is 1. The van der Waals surface area contributed by atoms with Gasteiger partial charge in [0.05, 0.1) is 12.6 Å². The number of hydrogen-bond donors (Lipinski definition) is 0. The zero-order chi connectivity index (χ0) is 16.4. The molecule has 24 heavy (non-hydrogen) atoms. The van der Waals surface area contributed by atoms with Gasteiger partial charge in [-0.15, -0.1) is 11.3 Å². The van der Waals surface area contributed by atoms with Gasteiger partial charge in [-0.1, -0.05) is 36.8 Å². The van der Waals surface area contributed by atoms with Gasteiger partial charge in [0.2, 0.25) is 5.91 Å². The number of amides is 1. The molecule has 0 saturated carbocycles. The highest BCUT2D eigenvalue weighted by atomic mass is 32.1. The van der Waals surface area contributed by atoms with E-state index in [2.05, 4.69) is 45.5 Å². The van der Waals surface area contributed by atoms with Crippen molar-refractivity contribution in [2.75, 3.05) is 26.2 Å². The smallest absolute Gasteiger partial charge is 0.237 e. The minimum Gasteiger partial charge on any atom is -0.330 e. The van der Waals surface area contributed by atoms with Crippen molar-refractivity contribution in [1.29, 1.82) is 0 Å². The van der Waals surface area contributed by atoms with Crippen LogP contribution in [0.5, 0.6) is 0 Å². The van der Waals surface area contributed by atoms with E-state index in [-0.39, 0.29) is 11.9 Å². The minimum atomic E-state index is 0.0819. The quantitative estimate of drug-likeness (QED) is 0.850. The summed E-state index contributed by atoms with van der Waals surface area (Å²) >= 11 is 1.82. The van der Waals surface area contributed by atoms with E-state index in [1.54, 1.807) is 0 Å². The Labute approximate surface area is 147 Å². The topological polar surface area (TPSA) is 23.6 Å². The predicted octanol–water partition coefficient (Wildman–Crippen LogP) is 3.71. The highest BCUT2D eigenvalue weighted by Gasteiger charge is 2.33. The van der Waals surface area contributed by atoms with Gasteiger partial charge in [0, 0.05) is 11.4 Å². The lowest BCUT2D eigenvalue weighted by molar-refractivity contribution is -0.134. The minimum absolute atomic E-state index is 0.0819. The fourth-order valence-electron chi connectivity index (χ4n) is 3.98. The first kappa shape index (κ1) is 15.9. The Hall–Kier alpha value is -1.65. The third-order valence-corrected chi connectivity index (χ3v) is 6.21. The van der Waals surface area contributed by atoms with Crippen molar-refractivity contribution in [3.8, 4) is 0 Å². The molecule has 0 bridgehead atoms. The van der Waals surface area contributed by atoms with Crippen LogP contribution in [0, 0.1) is 0 Å². The average Bonchev–Trinajstić information content (AvgIpc) is 3.11. The second-order valence-electron chi connectivity index (χ2n) is 6.79. The Balaban J connectivity index is 1.60. The molecule has 2 aromatic rings. The van der Waals surface area contributed by atoms with E-state index in [4.69, 9.17) is 0 Å². The highest BCUT2D eigenvalue weighted by Crippen LogP contribution is 2.37. The third kappa shape index (κ3) is 3.13. The molecular weight excluding hydrogens is 316 g/mol. The van der Waals surface area contributed by atoms with Crippen LogP contribution in [0.15, 0.2) is 41.8 Å². The van der Waals surface area contributed by atoms with Crippen LogP contribution in [0.4, 0.5) is 0 Å². The molecular formula is C20H24N2OS. The van der Waals surface area contributed by atoms with Crippen LogP contribution in [0.3, 0.4) is 0 Å². The molecule has 1 aromatic heterocycles. The fourth-order valence-corrected chi connectivity index (χ4v) is 4.88. The molecule has 1 atom stereocenters. The number of piperidine rings is 1. The summed E-state index contributed by atoms with van der Waals surface area (Å²) < 4.78 is 0. The summed E-state index contributed by atoms with van der Waals surface area (Å²) in [5.41, 5.74) is 2.55. The molecule has 2 aliphatic rings. The number of thiophene rings is 1. The summed E-state index contributed by atoms with van der Waals surface area (Å²) in [5, 5.41) is 2.17. The molecule has 126 valence electrons. The van der Waals surface area contributed by atoms with Crippen molar-refractivity contribution >= 4 is 17.2 Å². The summed E-state index contributed by atoms with van der Waals surface area (Å²) in [6.07, 6.45) is 4.75. The highest BCUT2D eigenvalue weighted by molar-refractivity contribution is 7.10. The van der Waals surface area contributed by atoms with Crippen molar-refractivity contribution < 1.29 is 4.79 Å². The molecule has 4 heteroatoms. The van der Waals surface area contributed by atoms with Gasteiger partial charge in [-0.05, 0) is 54.9 Å². The maximum Gasteiger partial charge on any atom is 0.237 e. The van der Waals surface area contributed by atoms with Crippen LogP contribution in [-0.4, -0.2) is 41.9 Å². The number of carbonyl (C=O) groups is 1. The molecule has 3 heterocycles. The molecule has 0 radical (unpaired) electrons. The van der Waals surface area contributed by atoms with Crippen LogP contribution in [-0.2, 0) is 11.2 Å². The van der Waals surface area contributed by atoms with E-state index in [1.807, 2.05) is 17.4 Å². The van der Waals surface area contributed by atoms with Gasteiger partial charge < -0.3 is 4.90 Å². The summed E-state index contributed by atoms with van der Waals surface area (Å²) in [7, 11) is 0. The summed E-state index contributed by atoms with van der Waals surface area (Å²) in [4.78, 5) is 18.9. The van der Waals surface area contributed by atoms with Crippen LogP contribution in [0.1, 0.15) is 41.3 Å². The lowest BCUT2D eigenvalue weighted by Gasteiger charge is -2.38. The maximum absolute atomic E-state index is 13.1. The SMILES string of the molecule is O=C(CN1CCCCC1)N1CCc2sccc2[C@@H]1c1ccccc1. The van der Waals surface area contributed by atoms with Gasteiger partial charge in [0.1, 0.15) is 0 Å². The molecule has 0 N–H and O–H groups in total. The number of fused-ring (bicyclic) bond motifs is 1. The number of hydrogen-bond acceptors (Lipinski definition) is 3. The molecule has 2 aliphatic heterocycles. The predicted molar refractivity (Wildman–Crippen MR) is 98.3 cm³/mol. The van der Waals surface area contributed by atoms with Gasteiger partial charge in [0.15, 0.2) is 0 Å².